The number of ether oxygens (including phenoxy) is 1. The SMILES string of the molecule is COC(=O)c1cc(N2CC(C(=O)O)CC2=O)cs1. The number of anilines is 1. The number of nitrogens with zero attached hydrogens (tertiary/aromatic N) is 1. The van der Waals surface area contributed by atoms with Gasteiger partial charge in [-0.2, -0.15) is 0 Å². The normalized spacial score (nSPS) is 19.1. The second-order valence-electron chi connectivity index (χ2n) is 3.90. The summed E-state index contributed by atoms with van der Waals surface area (Å²) in [5, 5.41) is 10.5. The number of methoxy groups -OCH3 is 1. The van der Waals surface area contributed by atoms with Crippen molar-refractivity contribution in [3.63, 3.8) is 0 Å². The van der Waals surface area contributed by atoms with E-state index in [1.54, 1.807) is 11.4 Å². The second-order valence-corrected chi connectivity index (χ2v) is 4.82. The van der Waals surface area contributed by atoms with Crippen LogP contribution in [0, 0.1) is 5.92 Å². The molecular weight excluding hydrogens is 258 g/mol. The van der Waals surface area contributed by atoms with Crippen molar-refractivity contribution < 1.29 is 24.2 Å². The molecule has 1 amide bonds. The lowest BCUT2D eigenvalue weighted by Crippen LogP contribution is -2.25. The van der Waals surface area contributed by atoms with Crippen molar-refractivity contribution in [1.29, 1.82) is 0 Å². The zero-order valence-corrected chi connectivity index (χ0v) is 10.4. The van der Waals surface area contributed by atoms with Gasteiger partial charge >= 0.3 is 11.9 Å². The molecular formula is C11H11NO5S. The van der Waals surface area contributed by atoms with Gasteiger partial charge in [-0.25, -0.2) is 4.79 Å². The predicted octanol–water partition coefficient (Wildman–Crippen LogP) is 0.972. The standard InChI is InChI=1S/C11H11NO5S/c1-17-11(16)8-3-7(5-18-8)12-4-6(10(14)15)2-9(12)13/h3,5-6H,2,4H2,1H3,(H,14,15). The molecule has 6 nitrogen and oxygen atoms in total. The van der Waals surface area contributed by atoms with E-state index in [0.29, 0.717) is 10.6 Å². The van der Waals surface area contributed by atoms with Gasteiger partial charge in [0.05, 0.1) is 18.7 Å². The average molecular weight is 269 g/mol. The maximum absolute atomic E-state index is 11.7. The Morgan fingerprint density at radius 2 is 2.28 bits per heavy atom. The van der Waals surface area contributed by atoms with Gasteiger partial charge < -0.3 is 14.7 Å². The molecule has 18 heavy (non-hydrogen) atoms. The van der Waals surface area contributed by atoms with Crippen molar-refractivity contribution in [1.82, 2.24) is 0 Å². The van der Waals surface area contributed by atoms with Crippen molar-refractivity contribution in [3.05, 3.63) is 16.3 Å². The van der Waals surface area contributed by atoms with Crippen LogP contribution in [0.15, 0.2) is 11.4 Å². The monoisotopic (exact) mass is 269 g/mol. The molecule has 1 atom stereocenters. The minimum absolute atomic E-state index is 0.00125. The molecule has 0 aliphatic carbocycles. The summed E-state index contributed by atoms with van der Waals surface area (Å²) in [6, 6.07) is 1.54. The average Bonchev–Trinajstić information content (AvgIpc) is 2.94. The minimum atomic E-state index is -0.978. The smallest absolute Gasteiger partial charge is 0.348 e. The van der Waals surface area contributed by atoms with E-state index in [2.05, 4.69) is 4.74 Å². The largest absolute Gasteiger partial charge is 0.481 e. The van der Waals surface area contributed by atoms with E-state index in [4.69, 9.17) is 5.11 Å². The molecule has 1 saturated heterocycles. The topological polar surface area (TPSA) is 83.9 Å². The van der Waals surface area contributed by atoms with Gasteiger partial charge in [0.15, 0.2) is 0 Å². The van der Waals surface area contributed by atoms with Gasteiger partial charge in [-0.05, 0) is 6.07 Å². The number of aliphatic carboxylic acids is 1. The molecule has 2 rings (SSSR count). The molecule has 1 unspecified atom stereocenters. The summed E-state index contributed by atoms with van der Waals surface area (Å²) in [5.41, 5.74) is 0.550. The molecule has 1 aromatic rings. The van der Waals surface area contributed by atoms with Crippen molar-refractivity contribution in [3.8, 4) is 0 Å². The third kappa shape index (κ3) is 2.21. The van der Waals surface area contributed by atoms with Gasteiger partial charge in [0.2, 0.25) is 5.91 Å². The lowest BCUT2D eigenvalue weighted by Gasteiger charge is -2.13. The van der Waals surface area contributed by atoms with E-state index >= 15 is 0 Å². The Kier molecular flexibility index (Phi) is 3.33. The van der Waals surface area contributed by atoms with E-state index in [0.717, 1.165) is 11.3 Å². The number of amides is 1. The van der Waals surface area contributed by atoms with Crippen LogP contribution in [0.4, 0.5) is 5.69 Å². The Labute approximate surface area is 107 Å². The highest BCUT2D eigenvalue weighted by atomic mass is 32.1. The predicted molar refractivity (Wildman–Crippen MR) is 63.8 cm³/mol. The first kappa shape index (κ1) is 12.6. The Bertz CT molecular complexity index is 509. The molecule has 1 N–H and O–H groups in total. The van der Waals surface area contributed by atoms with E-state index in [1.165, 1.54) is 12.0 Å². The molecule has 0 aromatic carbocycles. The molecule has 1 aliphatic rings. The summed E-state index contributed by atoms with van der Waals surface area (Å²) in [4.78, 5) is 35.6. The van der Waals surface area contributed by atoms with Crippen LogP contribution in [0.1, 0.15) is 16.1 Å². The fourth-order valence-electron chi connectivity index (χ4n) is 1.80. The van der Waals surface area contributed by atoms with Crippen LogP contribution in [0.5, 0.6) is 0 Å². The molecule has 0 bridgehead atoms. The summed E-state index contributed by atoms with van der Waals surface area (Å²) >= 11 is 1.16. The summed E-state index contributed by atoms with van der Waals surface area (Å²) < 4.78 is 4.57. The number of carboxylic acids is 1. The fraction of sp³-hybridized carbons (Fsp3) is 0.364. The molecule has 1 aromatic heterocycles. The molecule has 0 spiro atoms. The van der Waals surface area contributed by atoms with Crippen molar-refractivity contribution >= 4 is 34.9 Å². The Morgan fingerprint density at radius 3 is 2.83 bits per heavy atom. The zero-order valence-electron chi connectivity index (χ0n) is 9.58. The summed E-state index contributed by atoms with van der Waals surface area (Å²) in [6.07, 6.45) is -0.00125. The van der Waals surface area contributed by atoms with Crippen molar-refractivity contribution in [2.45, 2.75) is 6.42 Å². The maximum Gasteiger partial charge on any atom is 0.348 e. The number of esters is 1. The number of thiophene rings is 1. The van der Waals surface area contributed by atoms with E-state index in [1.807, 2.05) is 0 Å². The molecule has 0 saturated carbocycles. The molecule has 7 heteroatoms. The number of rotatable bonds is 3. The van der Waals surface area contributed by atoms with E-state index in [-0.39, 0.29) is 18.9 Å². The Balaban J connectivity index is 2.17. The Morgan fingerprint density at radius 1 is 1.56 bits per heavy atom. The van der Waals surface area contributed by atoms with E-state index < -0.39 is 17.9 Å². The maximum atomic E-state index is 11.7. The van der Waals surface area contributed by atoms with Gasteiger partial charge in [0, 0.05) is 18.3 Å². The lowest BCUT2D eigenvalue weighted by molar-refractivity contribution is -0.141. The highest BCUT2D eigenvalue weighted by Gasteiger charge is 2.35. The van der Waals surface area contributed by atoms with E-state index in [9.17, 15) is 14.4 Å². The first-order valence-corrected chi connectivity index (χ1v) is 6.11. The first-order valence-electron chi connectivity index (χ1n) is 5.23. The number of hydrogen-bond acceptors (Lipinski definition) is 5. The molecule has 2 heterocycles. The van der Waals surface area contributed by atoms with Crippen LogP contribution >= 0.6 is 11.3 Å². The highest BCUT2D eigenvalue weighted by Crippen LogP contribution is 2.29. The molecule has 1 fully saturated rings. The molecule has 96 valence electrons. The number of carbonyl (C=O) groups excluding carboxylic acids is 2. The first-order chi connectivity index (χ1) is 8.52. The summed E-state index contributed by atoms with van der Waals surface area (Å²) in [6.45, 7) is 0.144. The van der Waals surface area contributed by atoms with Gasteiger partial charge in [0.25, 0.3) is 0 Å². The van der Waals surface area contributed by atoms with Crippen LogP contribution in [0.3, 0.4) is 0 Å². The van der Waals surface area contributed by atoms with Gasteiger partial charge in [-0.15, -0.1) is 11.3 Å². The van der Waals surface area contributed by atoms with Crippen molar-refractivity contribution in [2.75, 3.05) is 18.6 Å². The molecule has 1 aliphatic heterocycles. The quantitative estimate of drug-likeness (QED) is 0.827. The summed E-state index contributed by atoms with van der Waals surface area (Å²) in [7, 11) is 1.28. The van der Waals surface area contributed by atoms with Gasteiger partial charge in [-0.3, -0.25) is 9.59 Å². The van der Waals surface area contributed by atoms with Crippen LogP contribution < -0.4 is 4.90 Å². The van der Waals surface area contributed by atoms with Crippen LogP contribution in [0.25, 0.3) is 0 Å². The number of carbonyl (C=O) groups is 3. The van der Waals surface area contributed by atoms with Crippen LogP contribution in [0.2, 0.25) is 0 Å². The molecule has 0 radical (unpaired) electrons. The van der Waals surface area contributed by atoms with Crippen LogP contribution in [-0.4, -0.2) is 36.6 Å². The van der Waals surface area contributed by atoms with Gasteiger partial charge in [-0.1, -0.05) is 0 Å². The van der Waals surface area contributed by atoms with Crippen molar-refractivity contribution in [2.24, 2.45) is 5.92 Å². The fourth-order valence-corrected chi connectivity index (χ4v) is 2.61. The zero-order chi connectivity index (χ0) is 13.3. The van der Waals surface area contributed by atoms with Gasteiger partial charge in [0.1, 0.15) is 4.88 Å². The summed E-state index contributed by atoms with van der Waals surface area (Å²) in [5.74, 6) is -2.36. The third-order valence-corrected chi connectivity index (χ3v) is 3.66. The second kappa shape index (κ2) is 4.77. The lowest BCUT2D eigenvalue weighted by atomic mass is 10.1. The minimum Gasteiger partial charge on any atom is -0.481 e. The number of carboxylic acid groups (broad SMARTS) is 1. The highest BCUT2D eigenvalue weighted by molar-refractivity contribution is 7.12. The number of hydrogen-bond donors (Lipinski definition) is 1. The van der Waals surface area contributed by atoms with Crippen LogP contribution in [-0.2, 0) is 14.3 Å². The third-order valence-electron chi connectivity index (χ3n) is 2.76. The Hall–Kier alpha value is -1.89.